The fraction of sp³-hybridized carbons (Fsp3) is 0.111. The molecule has 0 bridgehead atoms. The van der Waals surface area contributed by atoms with Gasteiger partial charge in [-0.1, -0.05) is 35.0 Å². The molecule has 5 nitrogen and oxygen atoms in total. The number of furan rings is 1. The monoisotopic (exact) mass is 386 g/mol. The van der Waals surface area contributed by atoms with Gasteiger partial charge in [-0.05, 0) is 48.4 Å². The molecule has 0 aliphatic heterocycles. The number of rotatable bonds is 3. The number of halogens is 1. The van der Waals surface area contributed by atoms with E-state index in [1.807, 2.05) is 31.2 Å². The molecule has 3 rings (SSSR count). The first kappa shape index (κ1) is 16.3. The lowest BCUT2D eigenvalue weighted by atomic mass is 10.1. The topological polar surface area (TPSA) is 71.3 Å². The number of carbonyl (C=O) groups excluding carboxylic acids is 2. The number of nitrogens with one attached hydrogen (secondary N) is 2. The normalized spacial score (nSPS) is 10.6. The van der Waals surface area contributed by atoms with Crippen LogP contribution in [-0.4, -0.2) is 11.8 Å². The summed E-state index contributed by atoms with van der Waals surface area (Å²) >= 11 is 3.37. The zero-order valence-electron chi connectivity index (χ0n) is 12.9. The molecule has 1 heterocycles. The van der Waals surface area contributed by atoms with Gasteiger partial charge in [0, 0.05) is 15.4 Å². The highest BCUT2D eigenvalue weighted by Gasteiger charge is 2.14. The third kappa shape index (κ3) is 3.49. The molecule has 0 saturated heterocycles. The molecule has 0 aliphatic carbocycles. The second-order valence-corrected chi connectivity index (χ2v) is 6.17. The molecular weight excluding hydrogens is 372 g/mol. The van der Waals surface area contributed by atoms with E-state index in [1.54, 1.807) is 24.3 Å². The SMILES string of the molecule is CCc1ccc(C(=O)NNC(=O)c2cc3cc(Br)ccc3o2)cc1. The summed E-state index contributed by atoms with van der Waals surface area (Å²) in [5.41, 5.74) is 6.96. The molecule has 2 aromatic carbocycles. The second-order valence-electron chi connectivity index (χ2n) is 5.25. The van der Waals surface area contributed by atoms with Crippen LogP contribution in [0.25, 0.3) is 11.0 Å². The van der Waals surface area contributed by atoms with E-state index >= 15 is 0 Å². The number of amides is 2. The Morgan fingerprint density at radius 1 is 1.00 bits per heavy atom. The fourth-order valence-electron chi connectivity index (χ4n) is 2.27. The summed E-state index contributed by atoms with van der Waals surface area (Å²) in [6.07, 6.45) is 0.904. The maximum Gasteiger partial charge on any atom is 0.305 e. The zero-order valence-corrected chi connectivity index (χ0v) is 14.5. The van der Waals surface area contributed by atoms with Gasteiger partial charge in [-0.3, -0.25) is 20.4 Å². The van der Waals surface area contributed by atoms with Crippen LogP contribution in [0.1, 0.15) is 33.4 Å². The largest absolute Gasteiger partial charge is 0.451 e. The van der Waals surface area contributed by atoms with Gasteiger partial charge in [0.15, 0.2) is 5.76 Å². The van der Waals surface area contributed by atoms with Crippen LogP contribution in [0.3, 0.4) is 0 Å². The number of hydrogen-bond acceptors (Lipinski definition) is 3. The van der Waals surface area contributed by atoms with Crippen molar-refractivity contribution < 1.29 is 14.0 Å². The van der Waals surface area contributed by atoms with Crippen LogP contribution in [-0.2, 0) is 6.42 Å². The van der Waals surface area contributed by atoms with Crippen molar-refractivity contribution >= 4 is 38.7 Å². The standard InChI is InChI=1S/C18H15BrN2O3/c1-2-11-3-5-12(6-4-11)17(22)20-21-18(23)16-10-13-9-14(19)7-8-15(13)24-16/h3-10H,2H2,1H3,(H,20,22)(H,21,23). The maximum absolute atomic E-state index is 12.1. The molecule has 0 spiro atoms. The van der Waals surface area contributed by atoms with Gasteiger partial charge in [-0.2, -0.15) is 0 Å². The maximum atomic E-state index is 12.1. The summed E-state index contributed by atoms with van der Waals surface area (Å²) in [6, 6.07) is 14.3. The van der Waals surface area contributed by atoms with Crippen LogP contribution >= 0.6 is 15.9 Å². The third-order valence-electron chi connectivity index (χ3n) is 3.62. The van der Waals surface area contributed by atoms with Gasteiger partial charge in [0.2, 0.25) is 0 Å². The minimum absolute atomic E-state index is 0.129. The summed E-state index contributed by atoms with van der Waals surface area (Å²) in [7, 11) is 0. The van der Waals surface area contributed by atoms with Gasteiger partial charge in [0.1, 0.15) is 5.58 Å². The van der Waals surface area contributed by atoms with E-state index in [-0.39, 0.29) is 11.7 Å². The minimum Gasteiger partial charge on any atom is -0.451 e. The van der Waals surface area contributed by atoms with Crippen LogP contribution in [0, 0.1) is 0 Å². The Hall–Kier alpha value is -2.60. The van der Waals surface area contributed by atoms with Gasteiger partial charge >= 0.3 is 5.91 Å². The van der Waals surface area contributed by atoms with Crippen molar-refractivity contribution in [3.8, 4) is 0 Å². The lowest BCUT2D eigenvalue weighted by molar-refractivity contribution is 0.0832. The fourth-order valence-corrected chi connectivity index (χ4v) is 2.64. The number of fused-ring (bicyclic) bond motifs is 1. The summed E-state index contributed by atoms with van der Waals surface area (Å²) in [6.45, 7) is 2.04. The summed E-state index contributed by atoms with van der Waals surface area (Å²) in [5.74, 6) is -0.768. The van der Waals surface area contributed by atoms with E-state index in [1.165, 1.54) is 0 Å². The van der Waals surface area contributed by atoms with Crippen molar-refractivity contribution in [2.45, 2.75) is 13.3 Å². The van der Waals surface area contributed by atoms with Gasteiger partial charge < -0.3 is 4.42 Å². The lowest BCUT2D eigenvalue weighted by Gasteiger charge is -2.06. The van der Waals surface area contributed by atoms with Crippen molar-refractivity contribution in [1.82, 2.24) is 10.9 Å². The predicted octanol–water partition coefficient (Wildman–Crippen LogP) is 3.83. The predicted molar refractivity (Wildman–Crippen MR) is 94.7 cm³/mol. The van der Waals surface area contributed by atoms with E-state index in [2.05, 4.69) is 26.8 Å². The number of benzene rings is 2. The Kier molecular flexibility index (Phi) is 4.66. The molecule has 0 radical (unpaired) electrons. The smallest absolute Gasteiger partial charge is 0.305 e. The highest BCUT2D eigenvalue weighted by Crippen LogP contribution is 2.23. The van der Waals surface area contributed by atoms with Crippen LogP contribution in [0.2, 0.25) is 0 Å². The Labute approximate surface area is 147 Å². The highest BCUT2D eigenvalue weighted by molar-refractivity contribution is 9.10. The molecule has 2 amide bonds. The van der Waals surface area contributed by atoms with Gasteiger partial charge in [0.25, 0.3) is 5.91 Å². The Bertz CT molecular complexity index is 900. The lowest BCUT2D eigenvalue weighted by Crippen LogP contribution is -2.41. The van der Waals surface area contributed by atoms with E-state index < -0.39 is 5.91 Å². The van der Waals surface area contributed by atoms with Crippen LogP contribution < -0.4 is 10.9 Å². The van der Waals surface area contributed by atoms with Crippen molar-refractivity contribution in [3.63, 3.8) is 0 Å². The van der Waals surface area contributed by atoms with Crippen LogP contribution in [0.4, 0.5) is 0 Å². The molecule has 2 N–H and O–H groups in total. The van der Waals surface area contributed by atoms with E-state index in [0.717, 1.165) is 21.8 Å². The molecule has 122 valence electrons. The molecule has 1 aromatic heterocycles. The second kappa shape index (κ2) is 6.88. The zero-order chi connectivity index (χ0) is 17.1. The number of aryl methyl sites for hydroxylation is 1. The molecule has 3 aromatic rings. The van der Waals surface area contributed by atoms with Crippen LogP contribution in [0.5, 0.6) is 0 Å². The first-order valence-electron chi connectivity index (χ1n) is 7.45. The highest BCUT2D eigenvalue weighted by atomic mass is 79.9. The van der Waals surface area contributed by atoms with Crippen molar-refractivity contribution in [1.29, 1.82) is 0 Å². The van der Waals surface area contributed by atoms with Crippen molar-refractivity contribution in [2.75, 3.05) is 0 Å². The summed E-state index contributed by atoms with van der Waals surface area (Å²) < 4.78 is 6.36. The van der Waals surface area contributed by atoms with E-state index in [4.69, 9.17) is 4.42 Å². The molecular formula is C18H15BrN2O3. The quantitative estimate of drug-likeness (QED) is 0.671. The van der Waals surface area contributed by atoms with Crippen molar-refractivity contribution in [2.24, 2.45) is 0 Å². The average Bonchev–Trinajstić information content (AvgIpc) is 3.02. The summed E-state index contributed by atoms with van der Waals surface area (Å²) in [5, 5.41) is 0.802. The Morgan fingerprint density at radius 2 is 1.71 bits per heavy atom. The minimum atomic E-state index is -0.513. The third-order valence-corrected chi connectivity index (χ3v) is 4.11. The molecule has 0 atom stereocenters. The summed E-state index contributed by atoms with van der Waals surface area (Å²) in [4.78, 5) is 24.1. The van der Waals surface area contributed by atoms with Crippen molar-refractivity contribution in [3.05, 3.63) is 69.9 Å². The molecule has 0 fully saturated rings. The van der Waals surface area contributed by atoms with Gasteiger partial charge in [-0.25, -0.2) is 0 Å². The molecule has 0 aliphatic rings. The number of hydrogen-bond donors (Lipinski definition) is 2. The van der Waals surface area contributed by atoms with E-state index in [0.29, 0.717) is 11.1 Å². The Balaban J connectivity index is 1.66. The molecule has 0 saturated carbocycles. The van der Waals surface area contributed by atoms with E-state index in [9.17, 15) is 9.59 Å². The first-order valence-corrected chi connectivity index (χ1v) is 8.25. The Morgan fingerprint density at radius 3 is 2.42 bits per heavy atom. The van der Waals surface area contributed by atoms with Gasteiger partial charge in [-0.15, -0.1) is 0 Å². The number of carbonyl (C=O) groups is 2. The molecule has 24 heavy (non-hydrogen) atoms. The molecule has 6 heteroatoms. The van der Waals surface area contributed by atoms with Gasteiger partial charge in [0.05, 0.1) is 0 Å². The van der Waals surface area contributed by atoms with Crippen LogP contribution in [0.15, 0.2) is 57.4 Å². The first-order chi connectivity index (χ1) is 11.6. The number of hydrazine groups is 1. The molecule has 0 unspecified atom stereocenters. The average molecular weight is 387 g/mol.